The van der Waals surface area contributed by atoms with Crippen LogP contribution in [0.1, 0.15) is 26.7 Å². The lowest BCUT2D eigenvalue weighted by Crippen LogP contribution is -2.45. The molecule has 1 aliphatic heterocycles. The van der Waals surface area contributed by atoms with Crippen molar-refractivity contribution in [1.29, 1.82) is 0 Å². The summed E-state index contributed by atoms with van der Waals surface area (Å²) in [5, 5.41) is 0. The van der Waals surface area contributed by atoms with Crippen LogP contribution in [0.15, 0.2) is 24.3 Å². The van der Waals surface area contributed by atoms with Crippen LogP contribution in [-0.4, -0.2) is 30.0 Å². The van der Waals surface area contributed by atoms with Crippen molar-refractivity contribution in [3.05, 3.63) is 24.3 Å². The molecule has 0 saturated carbocycles. The highest BCUT2D eigenvalue weighted by Crippen LogP contribution is 2.19. The summed E-state index contributed by atoms with van der Waals surface area (Å²) in [7, 11) is 0. The summed E-state index contributed by atoms with van der Waals surface area (Å²) in [5.41, 5.74) is 6.34. The number of anilines is 1. The zero-order valence-corrected chi connectivity index (χ0v) is 11.6. The smallest absolute Gasteiger partial charge is 0.263 e. The molecule has 2 N–H and O–H groups in total. The van der Waals surface area contributed by atoms with Crippen LogP contribution >= 0.6 is 0 Å². The maximum atomic E-state index is 12.3. The van der Waals surface area contributed by atoms with Crippen LogP contribution in [0.5, 0.6) is 5.75 Å². The molecule has 0 radical (unpaired) electrons. The number of hydrogen-bond donors (Lipinski definition) is 1. The van der Waals surface area contributed by atoms with Gasteiger partial charge in [-0.2, -0.15) is 0 Å². The molecule has 104 valence electrons. The third-order valence-corrected chi connectivity index (χ3v) is 3.49. The molecule has 0 aliphatic carbocycles. The van der Waals surface area contributed by atoms with Gasteiger partial charge >= 0.3 is 0 Å². The average molecular weight is 262 g/mol. The molecule has 0 bridgehead atoms. The minimum absolute atomic E-state index is 0.0639. The molecule has 0 aromatic heterocycles. The van der Waals surface area contributed by atoms with E-state index in [-0.39, 0.29) is 5.91 Å². The Kier molecular flexibility index (Phi) is 4.30. The molecule has 1 saturated heterocycles. The molecule has 19 heavy (non-hydrogen) atoms. The molecule has 0 unspecified atom stereocenters. The van der Waals surface area contributed by atoms with E-state index in [9.17, 15) is 4.79 Å². The van der Waals surface area contributed by atoms with E-state index in [0.29, 0.717) is 17.4 Å². The summed E-state index contributed by atoms with van der Waals surface area (Å²) in [6, 6.07) is 7.18. The lowest BCUT2D eigenvalue weighted by atomic mass is 10.00. The van der Waals surface area contributed by atoms with Gasteiger partial charge < -0.3 is 15.4 Å². The molecule has 1 heterocycles. The van der Waals surface area contributed by atoms with Crippen LogP contribution in [0.4, 0.5) is 5.69 Å². The van der Waals surface area contributed by atoms with Gasteiger partial charge in [-0.3, -0.25) is 4.79 Å². The Hall–Kier alpha value is -1.71. The Bertz CT molecular complexity index is 448. The minimum Gasteiger partial charge on any atom is -0.481 e. The van der Waals surface area contributed by atoms with E-state index < -0.39 is 6.10 Å². The normalized spacial score (nSPS) is 20.9. The zero-order chi connectivity index (χ0) is 13.8. The van der Waals surface area contributed by atoms with Crippen molar-refractivity contribution in [2.45, 2.75) is 32.8 Å². The van der Waals surface area contributed by atoms with Gasteiger partial charge in [0.15, 0.2) is 6.10 Å². The summed E-state index contributed by atoms with van der Waals surface area (Å²) >= 11 is 0. The van der Waals surface area contributed by atoms with E-state index in [2.05, 4.69) is 6.92 Å². The first kappa shape index (κ1) is 13.7. The number of carbonyl (C=O) groups is 1. The van der Waals surface area contributed by atoms with Crippen LogP contribution in [0.3, 0.4) is 0 Å². The topological polar surface area (TPSA) is 55.6 Å². The van der Waals surface area contributed by atoms with Gasteiger partial charge in [0.1, 0.15) is 5.75 Å². The number of nitrogen functional groups attached to an aromatic ring is 1. The maximum Gasteiger partial charge on any atom is 0.263 e. The van der Waals surface area contributed by atoms with E-state index >= 15 is 0 Å². The number of hydrogen-bond acceptors (Lipinski definition) is 3. The van der Waals surface area contributed by atoms with Gasteiger partial charge in [0.2, 0.25) is 0 Å². The van der Waals surface area contributed by atoms with Gasteiger partial charge in [-0.25, -0.2) is 0 Å². The Morgan fingerprint density at radius 3 is 3.00 bits per heavy atom. The molecule has 2 rings (SSSR count). The van der Waals surface area contributed by atoms with E-state index in [1.807, 2.05) is 17.0 Å². The van der Waals surface area contributed by atoms with Crippen molar-refractivity contribution in [1.82, 2.24) is 4.90 Å². The molecule has 4 heteroatoms. The Morgan fingerprint density at radius 1 is 1.53 bits per heavy atom. The average Bonchev–Trinajstić information content (AvgIpc) is 2.38. The van der Waals surface area contributed by atoms with Crippen LogP contribution in [0.2, 0.25) is 0 Å². The standard InChI is InChI=1S/C15H22N2O2/c1-11-5-4-8-17(10-11)15(18)12(2)19-14-7-3-6-13(16)9-14/h3,6-7,9,11-12H,4-5,8,10,16H2,1-2H3/t11-,12-/m0/s1. The number of ether oxygens (including phenoxy) is 1. The lowest BCUT2D eigenvalue weighted by molar-refractivity contribution is -0.139. The third-order valence-electron chi connectivity index (χ3n) is 3.49. The molecule has 4 nitrogen and oxygen atoms in total. The van der Waals surface area contributed by atoms with E-state index in [1.54, 1.807) is 19.1 Å². The highest BCUT2D eigenvalue weighted by Gasteiger charge is 2.25. The van der Waals surface area contributed by atoms with E-state index in [4.69, 9.17) is 10.5 Å². The van der Waals surface area contributed by atoms with E-state index in [1.165, 1.54) is 6.42 Å². The first-order valence-electron chi connectivity index (χ1n) is 6.87. The number of carbonyl (C=O) groups excluding carboxylic acids is 1. The predicted molar refractivity (Wildman–Crippen MR) is 75.9 cm³/mol. The number of amides is 1. The minimum atomic E-state index is -0.466. The Labute approximate surface area is 114 Å². The third kappa shape index (κ3) is 3.63. The number of nitrogens with two attached hydrogens (primary N) is 1. The van der Waals surface area contributed by atoms with Crippen LogP contribution in [0, 0.1) is 5.92 Å². The molecule has 1 aromatic rings. The molecule has 0 spiro atoms. The van der Waals surface area contributed by atoms with Crippen LogP contribution < -0.4 is 10.5 Å². The highest BCUT2D eigenvalue weighted by atomic mass is 16.5. The number of nitrogens with zero attached hydrogens (tertiary/aromatic N) is 1. The summed E-state index contributed by atoms with van der Waals surface area (Å²) in [6.07, 6.45) is 1.82. The van der Waals surface area contributed by atoms with Gasteiger partial charge in [-0.1, -0.05) is 13.0 Å². The molecule has 1 fully saturated rings. The van der Waals surface area contributed by atoms with Crippen LogP contribution in [0.25, 0.3) is 0 Å². The fourth-order valence-electron chi connectivity index (χ4n) is 2.49. The maximum absolute atomic E-state index is 12.3. The Morgan fingerprint density at radius 2 is 2.32 bits per heavy atom. The molecule has 1 aliphatic rings. The first-order valence-corrected chi connectivity index (χ1v) is 6.87. The SMILES string of the molecule is C[C@H]1CCCN(C(=O)[C@H](C)Oc2cccc(N)c2)C1. The number of likely N-dealkylation sites (tertiary alicyclic amines) is 1. The highest BCUT2D eigenvalue weighted by molar-refractivity contribution is 5.81. The van der Waals surface area contributed by atoms with Gasteiger partial charge in [-0.15, -0.1) is 0 Å². The zero-order valence-electron chi connectivity index (χ0n) is 11.6. The second-order valence-electron chi connectivity index (χ2n) is 5.36. The molecular formula is C15H22N2O2. The largest absolute Gasteiger partial charge is 0.481 e. The van der Waals surface area contributed by atoms with Crippen LogP contribution in [-0.2, 0) is 4.79 Å². The second kappa shape index (κ2) is 5.95. The molecule has 1 aromatic carbocycles. The molecule has 2 atom stereocenters. The Balaban J connectivity index is 1.95. The lowest BCUT2D eigenvalue weighted by Gasteiger charge is -2.32. The van der Waals surface area contributed by atoms with Crippen molar-refractivity contribution in [2.75, 3.05) is 18.8 Å². The summed E-state index contributed by atoms with van der Waals surface area (Å²) in [5.74, 6) is 1.29. The van der Waals surface area contributed by atoms with Gasteiger partial charge in [0.05, 0.1) is 0 Å². The van der Waals surface area contributed by atoms with Gasteiger partial charge in [-0.05, 0) is 37.8 Å². The number of benzene rings is 1. The van der Waals surface area contributed by atoms with Crippen molar-refractivity contribution >= 4 is 11.6 Å². The number of piperidine rings is 1. The second-order valence-corrected chi connectivity index (χ2v) is 5.36. The fraction of sp³-hybridized carbons (Fsp3) is 0.533. The van der Waals surface area contributed by atoms with Crippen molar-refractivity contribution < 1.29 is 9.53 Å². The van der Waals surface area contributed by atoms with Crippen molar-refractivity contribution in [3.8, 4) is 5.75 Å². The number of rotatable bonds is 3. The monoisotopic (exact) mass is 262 g/mol. The summed E-state index contributed by atoms with van der Waals surface area (Å²) in [6.45, 7) is 5.66. The summed E-state index contributed by atoms with van der Waals surface area (Å²) < 4.78 is 5.67. The quantitative estimate of drug-likeness (QED) is 0.850. The van der Waals surface area contributed by atoms with Gasteiger partial charge in [0.25, 0.3) is 5.91 Å². The molecular weight excluding hydrogens is 240 g/mol. The summed E-state index contributed by atoms with van der Waals surface area (Å²) in [4.78, 5) is 14.2. The van der Waals surface area contributed by atoms with E-state index in [0.717, 1.165) is 19.5 Å². The van der Waals surface area contributed by atoms with Crippen molar-refractivity contribution in [2.24, 2.45) is 5.92 Å². The first-order chi connectivity index (χ1) is 9.06. The molecule has 1 amide bonds. The fourth-order valence-corrected chi connectivity index (χ4v) is 2.49. The van der Waals surface area contributed by atoms with Crippen molar-refractivity contribution in [3.63, 3.8) is 0 Å². The predicted octanol–water partition coefficient (Wildman–Crippen LogP) is 2.29. The van der Waals surface area contributed by atoms with Gasteiger partial charge in [0, 0.05) is 24.8 Å².